The second-order valence-electron chi connectivity index (χ2n) is 9.46. The summed E-state index contributed by atoms with van der Waals surface area (Å²) in [5.41, 5.74) is 0.129. The van der Waals surface area contributed by atoms with Crippen LogP contribution in [0.5, 0.6) is 0 Å². The number of carbonyl (C=O) groups excluding carboxylic acids is 2. The number of aliphatic hydroxyl groups excluding tert-OH is 1. The van der Waals surface area contributed by atoms with Crippen LogP contribution in [0.15, 0.2) is 24.5 Å². The Morgan fingerprint density at radius 3 is 2.50 bits per heavy atom. The Bertz CT molecular complexity index is 651. The lowest BCUT2D eigenvalue weighted by atomic mass is 9.84. The molecule has 1 aliphatic rings. The number of rotatable bonds is 10. The van der Waals surface area contributed by atoms with Gasteiger partial charge < -0.3 is 15.2 Å². The van der Waals surface area contributed by atoms with Gasteiger partial charge in [-0.25, -0.2) is 0 Å². The summed E-state index contributed by atoms with van der Waals surface area (Å²) in [7, 11) is 0. The number of pyridine rings is 1. The molecule has 30 heavy (non-hydrogen) atoms. The van der Waals surface area contributed by atoms with E-state index in [1.807, 2.05) is 20.8 Å². The van der Waals surface area contributed by atoms with E-state index in [1.165, 1.54) is 32.1 Å². The molecule has 1 aromatic heterocycles. The van der Waals surface area contributed by atoms with E-state index < -0.39 is 17.6 Å². The molecule has 1 heterocycles. The molecule has 1 unspecified atom stereocenters. The van der Waals surface area contributed by atoms with E-state index in [0.717, 1.165) is 18.8 Å². The highest BCUT2D eigenvalue weighted by Crippen LogP contribution is 2.29. The zero-order valence-corrected chi connectivity index (χ0v) is 18.7. The molecular weight excluding hydrogens is 380 g/mol. The summed E-state index contributed by atoms with van der Waals surface area (Å²) in [6.45, 7) is 5.59. The SMILES string of the molecule is CC(C)(C)OC(=O)C[C@@H](CCCC1CCCCC1)C(=O)NCC(O)c1ccncc1. The molecular formula is C24H38N2O4. The summed E-state index contributed by atoms with van der Waals surface area (Å²) < 4.78 is 5.43. The molecule has 0 radical (unpaired) electrons. The number of aliphatic hydroxyl groups is 1. The molecule has 6 heteroatoms. The Morgan fingerprint density at radius 2 is 1.87 bits per heavy atom. The average Bonchev–Trinajstić information content (AvgIpc) is 2.71. The van der Waals surface area contributed by atoms with Gasteiger partial charge in [0.05, 0.1) is 12.5 Å². The number of esters is 1. The minimum atomic E-state index is -0.804. The first-order valence-electron chi connectivity index (χ1n) is 11.3. The number of carbonyl (C=O) groups is 2. The van der Waals surface area contributed by atoms with Crippen LogP contribution in [0.2, 0.25) is 0 Å². The van der Waals surface area contributed by atoms with Crippen LogP contribution >= 0.6 is 0 Å². The van der Waals surface area contributed by atoms with E-state index in [-0.39, 0.29) is 24.8 Å². The van der Waals surface area contributed by atoms with Crippen molar-refractivity contribution < 1.29 is 19.4 Å². The van der Waals surface area contributed by atoms with Crippen LogP contribution in [0.25, 0.3) is 0 Å². The fraction of sp³-hybridized carbons (Fsp3) is 0.708. The minimum absolute atomic E-state index is 0.0686. The maximum Gasteiger partial charge on any atom is 0.307 e. The number of ether oxygens (including phenoxy) is 1. The third-order valence-electron chi connectivity index (χ3n) is 5.65. The van der Waals surface area contributed by atoms with Crippen LogP contribution in [-0.4, -0.2) is 34.1 Å². The van der Waals surface area contributed by atoms with Crippen LogP contribution in [0.1, 0.15) is 90.2 Å². The lowest BCUT2D eigenvalue weighted by molar-refractivity contribution is -0.157. The van der Waals surface area contributed by atoms with Crippen LogP contribution < -0.4 is 5.32 Å². The van der Waals surface area contributed by atoms with Crippen molar-refractivity contribution in [2.45, 2.75) is 90.3 Å². The smallest absolute Gasteiger partial charge is 0.307 e. The molecule has 168 valence electrons. The van der Waals surface area contributed by atoms with Crippen molar-refractivity contribution in [1.29, 1.82) is 0 Å². The van der Waals surface area contributed by atoms with Crippen molar-refractivity contribution in [1.82, 2.24) is 10.3 Å². The summed E-state index contributed by atoms with van der Waals surface area (Å²) in [5.74, 6) is -0.238. The molecule has 1 saturated carbocycles. The van der Waals surface area contributed by atoms with E-state index >= 15 is 0 Å². The zero-order valence-electron chi connectivity index (χ0n) is 18.7. The molecule has 0 spiro atoms. The number of aromatic nitrogens is 1. The monoisotopic (exact) mass is 418 g/mol. The lowest BCUT2D eigenvalue weighted by Crippen LogP contribution is -2.36. The van der Waals surface area contributed by atoms with E-state index in [9.17, 15) is 14.7 Å². The molecule has 1 aromatic rings. The molecule has 1 fully saturated rings. The highest BCUT2D eigenvalue weighted by atomic mass is 16.6. The Balaban J connectivity index is 1.88. The van der Waals surface area contributed by atoms with Gasteiger partial charge in [0.25, 0.3) is 0 Å². The zero-order chi connectivity index (χ0) is 22.0. The van der Waals surface area contributed by atoms with Gasteiger partial charge in [-0.05, 0) is 50.8 Å². The number of hydrogen-bond acceptors (Lipinski definition) is 5. The fourth-order valence-corrected chi connectivity index (χ4v) is 4.08. The van der Waals surface area contributed by atoms with Crippen molar-refractivity contribution in [3.63, 3.8) is 0 Å². The van der Waals surface area contributed by atoms with Gasteiger partial charge in [0, 0.05) is 24.9 Å². The van der Waals surface area contributed by atoms with Crippen molar-refractivity contribution in [3.05, 3.63) is 30.1 Å². The summed E-state index contributed by atoms with van der Waals surface area (Å²) in [4.78, 5) is 29.1. The quantitative estimate of drug-likeness (QED) is 0.552. The van der Waals surface area contributed by atoms with Crippen LogP contribution in [0.4, 0.5) is 0 Å². The Kier molecular flexibility index (Phi) is 9.76. The van der Waals surface area contributed by atoms with Crippen molar-refractivity contribution in [2.24, 2.45) is 11.8 Å². The molecule has 2 N–H and O–H groups in total. The second-order valence-corrected chi connectivity index (χ2v) is 9.46. The fourth-order valence-electron chi connectivity index (χ4n) is 4.08. The summed E-state index contributed by atoms with van der Waals surface area (Å²) in [6.07, 6.45) is 11.7. The Hall–Kier alpha value is -1.95. The van der Waals surface area contributed by atoms with E-state index in [0.29, 0.717) is 12.0 Å². The van der Waals surface area contributed by atoms with Gasteiger partial charge in [-0.2, -0.15) is 0 Å². The normalized spacial score (nSPS) is 17.2. The van der Waals surface area contributed by atoms with Gasteiger partial charge in [0.15, 0.2) is 0 Å². The van der Waals surface area contributed by atoms with Crippen molar-refractivity contribution >= 4 is 11.9 Å². The largest absolute Gasteiger partial charge is 0.460 e. The molecule has 1 aliphatic carbocycles. The Morgan fingerprint density at radius 1 is 1.20 bits per heavy atom. The Labute approximate surface area is 180 Å². The molecule has 0 aromatic carbocycles. The number of amides is 1. The maximum absolute atomic E-state index is 12.8. The first kappa shape index (κ1) is 24.3. The topological polar surface area (TPSA) is 88.5 Å². The van der Waals surface area contributed by atoms with E-state index in [4.69, 9.17) is 4.74 Å². The van der Waals surface area contributed by atoms with Gasteiger partial charge in [-0.15, -0.1) is 0 Å². The number of hydrogen-bond donors (Lipinski definition) is 2. The summed E-state index contributed by atoms with van der Waals surface area (Å²) in [5, 5.41) is 13.1. The molecule has 0 saturated heterocycles. The lowest BCUT2D eigenvalue weighted by Gasteiger charge is -2.24. The third kappa shape index (κ3) is 9.24. The van der Waals surface area contributed by atoms with Gasteiger partial charge in [-0.1, -0.05) is 44.9 Å². The predicted molar refractivity (Wildman–Crippen MR) is 117 cm³/mol. The highest BCUT2D eigenvalue weighted by molar-refractivity contribution is 5.83. The van der Waals surface area contributed by atoms with E-state index in [1.54, 1.807) is 24.5 Å². The molecule has 2 rings (SSSR count). The molecule has 2 atom stereocenters. The maximum atomic E-state index is 12.8. The summed E-state index contributed by atoms with van der Waals surface area (Å²) in [6, 6.07) is 3.44. The predicted octanol–water partition coefficient (Wildman–Crippen LogP) is 4.33. The number of nitrogens with one attached hydrogen (secondary N) is 1. The van der Waals surface area contributed by atoms with Gasteiger partial charge in [0.2, 0.25) is 5.91 Å². The standard InChI is InChI=1S/C24H38N2O4/c1-24(2,3)30-22(28)16-20(11-7-10-18-8-5-4-6-9-18)23(29)26-17-21(27)19-12-14-25-15-13-19/h12-15,18,20-21,27H,4-11,16-17H2,1-3H3,(H,26,29)/t20-,21?/m1/s1. The van der Waals surface area contributed by atoms with E-state index in [2.05, 4.69) is 10.3 Å². The first-order valence-corrected chi connectivity index (χ1v) is 11.3. The van der Waals surface area contributed by atoms with Gasteiger partial charge >= 0.3 is 5.97 Å². The molecule has 1 amide bonds. The highest BCUT2D eigenvalue weighted by Gasteiger charge is 2.26. The second kappa shape index (κ2) is 12.0. The first-order chi connectivity index (χ1) is 14.2. The third-order valence-corrected chi connectivity index (χ3v) is 5.65. The van der Waals surface area contributed by atoms with Crippen LogP contribution in [0, 0.1) is 11.8 Å². The van der Waals surface area contributed by atoms with Gasteiger partial charge in [-0.3, -0.25) is 14.6 Å². The summed E-state index contributed by atoms with van der Waals surface area (Å²) >= 11 is 0. The van der Waals surface area contributed by atoms with Gasteiger partial charge in [0.1, 0.15) is 5.60 Å². The molecule has 0 aliphatic heterocycles. The minimum Gasteiger partial charge on any atom is -0.460 e. The number of nitrogens with zero attached hydrogens (tertiary/aromatic N) is 1. The van der Waals surface area contributed by atoms with Crippen LogP contribution in [0.3, 0.4) is 0 Å². The molecule has 6 nitrogen and oxygen atoms in total. The van der Waals surface area contributed by atoms with Crippen molar-refractivity contribution in [2.75, 3.05) is 6.54 Å². The average molecular weight is 419 g/mol. The van der Waals surface area contributed by atoms with Crippen LogP contribution in [-0.2, 0) is 14.3 Å². The molecule has 0 bridgehead atoms. The van der Waals surface area contributed by atoms with Crippen molar-refractivity contribution in [3.8, 4) is 0 Å².